The topological polar surface area (TPSA) is 72.6 Å². The van der Waals surface area contributed by atoms with E-state index in [4.69, 9.17) is 0 Å². The molecule has 1 aromatic carbocycles. The van der Waals surface area contributed by atoms with Crippen molar-refractivity contribution in [1.82, 2.24) is 10.2 Å². The van der Waals surface area contributed by atoms with Crippen LogP contribution in [0.5, 0.6) is 0 Å². The van der Waals surface area contributed by atoms with E-state index in [2.05, 4.69) is 34.5 Å². The van der Waals surface area contributed by atoms with Gasteiger partial charge in [0.25, 0.3) is 0 Å². The first-order chi connectivity index (χ1) is 18.1. The zero-order chi connectivity index (χ0) is 24.9. The summed E-state index contributed by atoms with van der Waals surface area (Å²) in [5.74, 6) is 2.17. The summed E-state index contributed by atoms with van der Waals surface area (Å²) in [6.45, 7) is 0. The van der Waals surface area contributed by atoms with Crippen LogP contribution in [0.3, 0.4) is 0 Å². The van der Waals surface area contributed by atoms with Gasteiger partial charge in [-0.15, -0.1) is 0 Å². The van der Waals surface area contributed by atoms with Gasteiger partial charge in [0.1, 0.15) is 12.0 Å². The van der Waals surface area contributed by atoms with Gasteiger partial charge in [-0.1, -0.05) is 62.1 Å². The van der Waals surface area contributed by atoms with E-state index in [1.54, 1.807) is 0 Å². The van der Waals surface area contributed by atoms with E-state index in [1.807, 2.05) is 12.1 Å². The molecule has 4 aliphatic heterocycles. The molecule has 37 heavy (non-hydrogen) atoms. The van der Waals surface area contributed by atoms with Crippen LogP contribution in [-0.4, -0.2) is 57.4 Å². The third-order valence-corrected chi connectivity index (χ3v) is 12.4. The van der Waals surface area contributed by atoms with Crippen molar-refractivity contribution in [3.05, 3.63) is 47.5 Å². The summed E-state index contributed by atoms with van der Waals surface area (Å²) in [5, 5.41) is 27.5. The van der Waals surface area contributed by atoms with E-state index in [-0.39, 0.29) is 23.5 Å². The number of aliphatic hydroxyl groups excluding tert-OH is 1. The largest absolute Gasteiger partial charge is 0.392 e. The van der Waals surface area contributed by atoms with Crippen LogP contribution in [0, 0.1) is 29.1 Å². The van der Waals surface area contributed by atoms with Crippen molar-refractivity contribution in [3.8, 4) is 0 Å². The lowest BCUT2D eigenvalue weighted by molar-refractivity contribution is 0.000376. The maximum atomic E-state index is 12.3. The zero-order valence-electron chi connectivity index (χ0n) is 21.8. The Labute approximate surface area is 220 Å². The van der Waals surface area contributed by atoms with E-state index in [9.17, 15) is 15.0 Å². The van der Waals surface area contributed by atoms with Crippen LogP contribution in [-0.2, 0) is 0 Å². The van der Waals surface area contributed by atoms with Crippen LogP contribution in [0.2, 0.25) is 0 Å². The smallest absolute Gasteiger partial charge is 0.150 e. The van der Waals surface area contributed by atoms with E-state index in [0.29, 0.717) is 41.8 Å². The molecule has 3 N–H and O–H groups in total. The first-order valence-corrected chi connectivity index (χ1v) is 15.2. The van der Waals surface area contributed by atoms with Gasteiger partial charge in [-0.25, -0.2) is 0 Å². The highest BCUT2D eigenvalue weighted by Gasteiger charge is 2.79. The predicted octanol–water partition coefficient (Wildman–Crippen LogP) is 4.39. The number of nitrogens with zero attached hydrogens (tertiary/aromatic N) is 1. The molecule has 1 spiro atoms. The lowest BCUT2D eigenvalue weighted by Crippen LogP contribution is -2.59. The second kappa shape index (κ2) is 8.24. The average molecular weight is 503 g/mol. The first-order valence-electron chi connectivity index (χ1n) is 15.2. The second-order valence-corrected chi connectivity index (χ2v) is 13.7. The molecule has 0 amide bonds. The second-order valence-electron chi connectivity index (χ2n) is 13.7. The van der Waals surface area contributed by atoms with Crippen LogP contribution in [0.1, 0.15) is 92.5 Å². The number of nitrogens with one attached hydrogen (secondary N) is 1. The molecule has 1 aromatic rings. The third-order valence-electron chi connectivity index (χ3n) is 12.4. The van der Waals surface area contributed by atoms with Gasteiger partial charge in [-0.3, -0.25) is 9.69 Å². The highest BCUT2D eigenvalue weighted by Crippen LogP contribution is 2.67. The van der Waals surface area contributed by atoms with Gasteiger partial charge in [0, 0.05) is 46.9 Å². The minimum atomic E-state index is -0.728. The van der Waals surface area contributed by atoms with E-state index >= 15 is 0 Å². The van der Waals surface area contributed by atoms with Crippen LogP contribution in [0.4, 0.5) is 0 Å². The predicted molar refractivity (Wildman–Crippen MR) is 142 cm³/mol. The Morgan fingerprint density at radius 1 is 1.00 bits per heavy atom. The van der Waals surface area contributed by atoms with Crippen molar-refractivity contribution in [2.45, 2.75) is 113 Å². The number of fused-ring (bicyclic) bond motifs is 2. The summed E-state index contributed by atoms with van der Waals surface area (Å²) < 4.78 is 0. The minimum Gasteiger partial charge on any atom is -0.392 e. The van der Waals surface area contributed by atoms with E-state index < -0.39 is 5.72 Å². The molecule has 0 radical (unpaired) electrons. The SMILES string of the molecule is O=Cc1ccc([C@@H](C2CCCC2)[C@H]2[C@@H]3C=C[C@@H]4N2[C@]4(O)[C@H]3[C@H]2CC[C@@H]3C[C@H](O)C4(CCCC4)[C@@H]3N2)cc1. The summed E-state index contributed by atoms with van der Waals surface area (Å²) in [6, 6.07) is 9.51. The fraction of sp³-hybridized carbons (Fsp3) is 0.719. The van der Waals surface area contributed by atoms with Crippen molar-refractivity contribution < 1.29 is 15.0 Å². The molecule has 11 atom stereocenters. The summed E-state index contributed by atoms with van der Waals surface area (Å²) in [4.78, 5) is 13.8. The molecular weight excluding hydrogens is 460 g/mol. The van der Waals surface area contributed by atoms with Gasteiger partial charge in [0.05, 0.1) is 12.1 Å². The number of hydrogen-bond acceptors (Lipinski definition) is 5. The summed E-state index contributed by atoms with van der Waals surface area (Å²) in [5.41, 5.74) is 1.42. The third kappa shape index (κ3) is 3.09. The standard InChI is InChI=1S/C32H42N2O3/c35-18-19-7-9-21(10-8-19)27(20-5-1-2-6-20)29-23-12-14-25-32(37,34(25)29)28(23)24-13-11-22-17-26(36)31(30(22)33-24)15-3-4-16-31/h7-10,12,14,18,20,22-30,33,36-37H,1-6,11,13,15-17H2/t22-,23-,24-,25+,26+,27-,28-,29-,30-,32-,34?/m1/s1. The van der Waals surface area contributed by atoms with Crippen LogP contribution < -0.4 is 5.32 Å². The van der Waals surface area contributed by atoms with Gasteiger partial charge in [-0.05, 0) is 62.3 Å². The maximum absolute atomic E-state index is 12.3. The Balaban J connectivity index is 1.13. The number of aldehydes is 1. The van der Waals surface area contributed by atoms with E-state index in [0.717, 1.165) is 37.5 Å². The monoisotopic (exact) mass is 502 g/mol. The summed E-state index contributed by atoms with van der Waals surface area (Å²) in [7, 11) is 0. The molecule has 5 heteroatoms. The zero-order valence-corrected chi connectivity index (χ0v) is 21.8. The molecule has 1 unspecified atom stereocenters. The Hall–Kier alpha value is -1.53. The number of rotatable bonds is 5. The van der Waals surface area contributed by atoms with Crippen LogP contribution >= 0.6 is 0 Å². The Bertz CT molecular complexity index is 1090. The number of aliphatic hydroxyl groups is 2. The van der Waals surface area contributed by atoms with Crippen molar-refractivity contribution >= 4 is 6.29 Å². The quantitative estimate of drug-likeness (QED) is 0.316. The Morgan fingerprint density at radius 2 is 1.76 bits per heavy atom. The Kier molecular flexibility index (Phi) is 5.20. The number of hydrogen-bond donors (Lipinski definition) is 3. The first kappa shape index (κ1) is 23.4. The molecule has 9 rings (SSSR count). The van der Waals surface area contributed by atoms with Crippen molar-refractivity contribution in [2.75, 3.05) is 0 Å². The number of carbonyl (C=O) groups excluding carboxylic acids is 1. The lowest BCUT2D eigenvalue weighted by Gasteiger charge is -2.47. The molecule has 6 fully saturated rings. The Morgan fingerprint density at radius 3 is 2.49 bits per heavy atom. The molecule has 8 aliphatic rings. The van der Waals surface area contributed by atoms with Gasteiger partial charge in [0.15, 0.2) is 0 Å². The summed E-state index contributed by atoms with van der Waals surface area (Å²) in [6.07, 6.45) is 18.7. The number of carbonyl (C=O) groups is 1. The molecule has 3 saturated carbocycles. The van der Waals surface area contributed by atoms with Crippen LogP contribution in [0.15, 0.2) is 36.4 Å². The van der Waals surface area contributed by atoms with Crippen molar-refractivity contribution in [3.63, 3.8) is 0 Å². The van der Waals surface area contributed by atoms with Gasteiger partial charge < -0.3 is 15.5 Å². The average Bonchev–Trinajstić information content (AvgIpc) is 3.48. The number of benzene rings is 1. The fourth-order valence-corrected chi connectivity index (χ4v) is 10.9. The molecule has 198 valence electrons. The van der Waals surface area contributed by atoms with Crippen LogP contribution in [0.25, 0.3) is 0 Å². The number of piperidine rings is 2. The normalized spacial score (nSPS) is 47.9. The molecule has 4 bridgehead atoms. The highest BCUT2D eigenvalue weighted by atomic mass is 16.3. The van der Waals surface area contributed by atoms with E-state index in [1.165, 1.54) is 50.5 Å². The van der Waals surface area contributed by atoms with Crippen molar-refractivity contribution in [2.24, 2.45) is 29.1 Å². The molecule has 4 aliphatic carbocycles. The lowest BCUT2D eigenvalue weighted by atomic mass is 9.65. The van der Waals surface area contributed by atoms with Gasteiger partial charge in [0.2, 0.25) is 0 Å². The highest BCUT2D eigenvalue weighted by molar-refractivity contribution is 5.74. The minimum absolute atomic E-state index is 0.0642. The molecule has 0 aromatic heterocycles. The molecule has 3 saturated heterocycles. The van der Waals surface area contributed by atoms with Gasteiger partial charge in [-0.2, -0.15) is 0 Å². The van der Waals surface area contributed by atoms with Crippen molar-refractivity contribution in [1.29, 1.82) is 0 Å². The maximum Gasteiger partial charge on any atom is 0.150 e. The molecule has 5 nitrogen and oxygen atoms in total. The molecular formula is C32H42N2O3. The fourth-order valence-electron chi connectivity index (χ4n) is 10.9. The van der Waals surface area contributed by atoms with Gasteiger partial charge >= 0.3 is 0 Å². The molecule has 4 heterocycles. The summed E-state index contributed by atoms with van der Waals surface area (Å²) >= 11 is 0.